The van der Waals surface area contributed by atoms with Crippen LogP contribution < -0.4 is 5.32 Å². The van der Waals surface area contributed by atoms with Crippen molar-refractivity contribution in [1.82, 2.24) is 10.3 Å². The first kappa shape index (κ1) is 15.0. The van der Waals surface area contributed by atoms with Crippen LogP contribution >= 0.6 is 15.9 Å². The summed E-state index contributed by atoms with van der Waals surface area (Å²) in [5, 5.41) is 12.2. The van der Waals surface area contributed by atoms with E-state index < -0.39 is 11.5 Å². The minimum absolute atomic E-state index is 0.370. The molecule has 2 N–H and O–H groups in total. The van der Waals surface area contributed by atoms with E-state index in [9.17, 15) is 14.7 Å². The van der Waals surface area contributed by atoms with Gasteiger partial charge in [0, 0.05) is 11.8 Å². The second-order valence-electron chi connectivity index (χ2n) is 5.39. The molecule has 0 aromatic carbocycles. The zero-order valence-corrected chi connectivity index (χ0v) is 12.8. The van der Waals surface area contributed by atoms with Gasteiger partial charge in [0.1, 0.15) is 10.1 Å². The van der Waals surface area contributed by atoms with Gasteiger partial charge in [0.05, 0.1) is 0 Å². The van der Waals surface area contributed by atoms with Gasteiger partial charge in [-0.15, -0.1) is 0 Å². The maximum absolute atomic E-state index is 12.2. The number of hydrogen-bond acceptors (Lipinski definition) is 3. The van der Waals surface area contributed by atoms with Crippen molar-refractivity contribution in [3.05, 3.63) is 28.5 Å². The predicted octanol–water partition coefficient (Wildman–Crippen LogP) is 2.61. The molecule has 0 atom stereocenters. The fourth-order valence-corrected chi connectivity index (χ4v) is 2.85. The quantitative estimate of drug-likeness (QED) is 0.829. The molecule has 0 aliphatic heterocycles. The van der Waals surface area contributed by atoms with Crippen molar-refractivity contribution in [2.75, 3.05) is 0 Å². The minimum atomic E-state index is -1.14. The lowest BCUT2D eigenvalue weighted by Crippen LogP contribution is -2.56. The molecule has 6 heteroatoms. The normalized spacial score (nSPS) is 26.0. The highest BCUT2D eigenvalue weighted by atomic mass is 79.9. The molecule has 1 aromatic heterocycles. The monoisotopic (exact) mass is 340 g/mol. The Bertz CT molecular complexity index is 525. The number of nitrogens with one attached hydrogen (secondary N) is 1. The molecular formula is C14H17BrN2O3. The molecule has 20 heavy (non-hydrogen) atoms. The molecule has 5 nitrogen and oxygen atoms in total. The molecule has 1 fully saturated rings. The van der Waals surface area contributed by atoms with E-state index >= 15 is 0 Å². The number of carbonyl (C=O) groups is 2. The van der Waals surface area contributed by atoms with Gasteiger partial charge in [0.15, 0.2) is 0 Å². The summed E-state index contributed by atoms with van der Waals surface area (Å²) < 4.78 is 0.548. The van der Waals surface area contributed by atoms with Crippen LogP contribution in [0.5, 0.6) is 0 Å². The summed E-state index contributed by atoms with van der Waals surface area (Å²) in [5.41, 5.74) is -0.731. The smallest absolute Gasteiger partial charge is 0.329 e. The number of halogens is 1. The Kier molecular flexibility index (Phi) is 4.42. The zero-order valence-electron chi connectivity index (χ0n) is 11.2. The minimum Gasteiger partial charge on any atom is -0.480 e. The third-order valence-corrected chi connectivity index (χ3v) is 4.31. The van der Waals surface area contributed by atoms with Crippen LogP contribution in [0.2, 0.25) is 0 Å². The molecule has 0 unspecified atom stereocenters. The van der Waals surface area contributed by atoms with Crippen molar-refractivity contribution < 1.29 is 14.7 Å². The number of nitrogens with zero attached hydrogens (tertiary/aromatic N) is 1. The van der Waals surface area contributed by atoms with Crippen LogP contribution in [0.3, 0.4) is 0 Å². The van der Waals surface area contributed by atoms with E-state index in [2.05, 4.69) is 33.2 Å². The summed E-state index contributed by atoms with van der Waals surface area (Å²) in [5.74, 6) is -0.814. The van der Waals surface area contributed by atoms with Gasteiger partial charge in [0.2, 0.25) is 0 Å². The fraction of sp³-hybridized carbons (Fsp3) is 0.500. The van der Waals surface area contributed by atoms with Crippen molar-refractivity contribution in [3.63, 3.8) is 0 Å². The van der Waals surface area contributed by atoms with Crippen molar-refractivity contribution >= 4 is 27.8 Å². The van der Waals surface area contributed by atoms with E-state index in [0.717, 1.165) is 12.8 Å². The van der Waals surface area contributed by atoms with Crippen molar-refractivity contribution in [3.8, 4) is 0 Å². The number of aromatic nitrogens is 1. The number of carbonyl (C=O) groups excluding carboxylic acids is 1. The van der Waals surface area contributed by atoms with Crippen molar-refractivity contribution in [2.45, 2.75) is 38.1 Å². The Morgan fingerprint density at radius 2 is 2.10 bits per heavy atom. The fourth-order valence-electron chi connectivity index (χ4n) is 2.48. The second kappa shape index (κ2) is 5.91. The van der Waals surface area contributed by atoms with Gasteiger partial charge in [-0.05, 0) is 59.7 Å². The summed E-state index contributed by atoms with van der Waals surface area (Å²) in [6.45, 7) is 2.10. The molecule has 1 aromatic rings. The van der Waals surface area contributed by atoms with Crippen LogP contribution in [-0.2, 0) is 4.79 Å². The summed E-state index contributed by atoms with van der Waals surface area (Å²) in [7, 11) is 0. The van der Waals surface area contributed by atoms with E-state index in [1.165, 1.54) is 6.20 Å². The summed E-state index contributed by atoms with van der Waals surface area (Å²) in [6, 6.07) is 3.15. The van der Waals surface area contributed by atoms with Crippen LogP contribution in [0.15, 0.2) is 22.9 Å². The average Bonchev–Trinajstić information content (AvgIpc) is 2.41. The van der Waals surface area contributed by atoms with Gasteiger partial charge in [-0.2, -0.15) is 0 Å². The number of hydrogen-bond donors (Lipinski definition) is 2. The highest BCUT2D eigenvalue weighted by Crippen LogP contribution is 2.32. The lowest BCUT2D eigenvalue weighted by atomic mass is 9.77. The lowest BCUT2D eigenvalue weighted by molar-refractivity contribution is -0.146. The Labute approximate surface area is 125 Å². The summed E-state index contributed by atoms with van der Waals surface area (Å²) in [4.78, 5) is 27.8. The molecule has 1 aliphatic rings. The van der Waals surface area contributed by atoms with Gasteiger partial charge in [-0.25, -0.2) is 9.78 Å². The third kappa shape index (κ3) is 3.17. The molecule has 1 heterocycles. The molecule has 108 valence electrons. The van der Waals surface area contributed by atoms with Crippen molar-refractivity contribution in [1.29, 1.82) is 0 Å². The first-order valence-corrected chi connectivity index (χ1v) is 7.40. The maximum atomic E-state index is 12.2. The first-order chi connectivity index (χ1) is 9.43. The Balaban J connectivity index is 2.17. The van der Waals surface area contributed by atoms with Gasteiger partial charge >= 0.3 is 5.97 Å². The third-order valence-electron chi connectivity index (χ3n) is 3.88. The van der Waals surface area contributed by atoms with Crippen LogP contribution in [0.1, 0.15) is 43.0 Å². The molecule has 1 amide bonds. The van der Waals surface area contributed by atoms with E-state index in [1.807, 2.05) is 0 Å². The Morgan fingerprint density at radius 1 is 1.45 bits per heavy atom. The number of aliphatic carboxylic acids is 1. The highest BCUT2D eigenvalue weighted by molar-refractivity contribution is 9.10. The number of carboxylic acid groups (broad SMARTS) is 1. The van der Waals surface area contributed by atoms with Gasteiger partial charge in [-0.3, -0.25) is 4.79 Å². The van der Waals surface area contributed by atoms with E-state index in [1.54, 1.807) is 12.1 Å². The van der Waals surface area contributed by atoms with E-state index in [0.29, 0.717) is 28.9 Å². The zero-order chi connectivity index (χ0) is 14.8. The van der Waals surface area contributed by atoms with Gasteiger partial charge < -0.3 is 10.4 Å². The second-order valence-corrected chi connectivity index (χ2v) is 6.20. The maximum Gasteiger partial charge on any atom is 0.329 e. The van der Waals surface area contributed by atoms with Crippen LogP contribution in [0, 0.1) is 5.92 Å². The van der Waals surface area contributed by atoms with Crippen LogP contribution in [-0.4, -0.2) is 27.5 Å². The Hall–Kier alpha value is -1.43. The number of pyridine rings is 1. The summed E-state index contributed by atoms with van der Waals surface area (Å²) in [6.07, 6.45) is 4.08. The Morgan fingerprint density at radius 3 is 2.65 bits per heavy atom. The largest absolute Gasteiger partial charge is 0.480 e. The highest BCUT2D eigenvalue weighted by Gasteiger charge is 2.42. The molecule has 1 saturated carbocycles. The molecule has 0 spiro atoms. The first-order valence-electron chi connectivity index (χ1n) is 6.60. The predicted molar refractivity (Wildman–Crippen MR) is 77.4 cm³/mol. The molecule has 0 radical (unpaired) electrons. The molecule has 1 aliphatic carbocycles. The summed E-state index contributed by atoms with van der Waals surface area (Å²) >= 11 is 3.20. The topological polar surface area (TPSA) is 79.3 Å². The molecule has 0 bridgehead atoms. The molecular weight excluding hydrogens is 324 g/mol. The average molecular weight is 341 g/mol. The van der Waals surface area contributed by atoms with Crippen LogP contribution in [0.4, 0.5) is 0 Å². The van der Waals surface area contributed by atoms with Crippen molar-refractivity contribution in [2.24, 2.45) is 5.92 Å². The molecule has 2 rings (SSSR count). The lowest BCUT2D eigenvalue weighted by Gasteiger charge is -2.36. The van der Waals surface area contributed by atoms with Gasteiger partial charge in [-0.1, -0.05) is 6.92 Å². The molecule has 0 saturated heterocycles. The van der Waals surface area contributed by atoms with E-state index in [4.69, 9.17) is 0 Å². The number of rotatable bonds is 3. The standard InChI is InChI=1S/C14H17BrN2O3/c1-9-2-5-14(6-3-9,13(19)20)17-12(18)10-4-7-16-11(15)8-10/h4,7-9H,2-3,5-6H2,1H3,(H,17,18)(H,19,20). The SMILES string of the molecule is CC1CCC(NC(=O)c2ccnc(Br)c2)(C(=O)O)CC1. The van der Waals surface area contributed by atoms with Gasteiger partial charge in [0.25, 0.3) is 5.91 Å². The van der Waals surface area contributed by atoms with E-state index in [-0.39, 0.29) is 5.91 Å². The number of carboxylic acids is 1. The number of amides is 1. The van der Waals surface area contributed by atoms with Crippen LogP contribution in [0.25, 0.3) is 0 Å².